The third-order valence-electron chi connectivity index (χ3n) is 4.70. The second-order valence-electron chi connectivity index (χ2n) is 6.64. The molecule has 0 radical (unpaired) electrons. The van der Waals surface area contributed by atoms with Crippen LogP contribution >= 0.6 is 0 Å². The Kier molecular flexibility index (Phi) is 6.08. The summed E-state index contributed by atoms with van der Waals surface area (Å²) in [5.41, 5.74) is 3.59. The Morgan fingerprint density at radius 2 is 1.74 bits per heavy atom. The molecule has 6 nitrogen and oxygen atoms in total. The zero-order chi connectivity index (χ0) is 19.2. The molecule has 6 heteroatoms. The van der Waals surface area contributed by atoms with E-state index in [1.807, 2.05) is 53.4 Å². The lowest BCUT2D eigenvalue weighted by Crippen LogP contribution is -2.50. The van der Waals surface area contributed by atoms with Gasteiger partial charge in [-0.3, -0.25) is 4.79 Å². The molecule has 0 spiro atoms. The molecule has 0 aromatic heterocycles. The lowest BCUT2D eigenvalue weighted by molar-refractivity contribution is 0.101. The van der Waals surface area contributed by atoms with Gasteiger partial charge in [0.05, 0.1) is 6.61 Å². The van der Waals surface area contributed by atoms with E-state index in [9.17, 15) is 9.59 Å². The van der Waals surface area contributed by atoms with Gasteiger partial charge in [0.15, 0.2) is 5.78 Å². The number of piperazine rings is 1. The molecule has 1 fully saturated rings. The molecule has 1 heterocycles. The first-order valence-corrected chi connectivity index (χ1v) is 9.06. The molecular formula is C21H25N3O3. The second kappa shape index (κ2) is 8.68. The van der Waals surface area contributed by atoms with Gasteiger partial charge >= 0.3 is 6.03 Å². The second-order valence-corrected chi connectivity index (χ2v) is 6.64. The maximum atomic E-state index is 12.5. The quantitative estimate of drug-likeness (QED) is 0.823. The molecule has 0 bridgehead atoms. The number of carbonyl (C=O) groups excluding carboxylic acids is 2. The summed E-state index contributed by atoms with van der Waals surface area (Å²) in [6.07, 6.45) is 0. The number of nitrogens with one attached hydrogen (secondary N) is 1. The lowest BCUT2D eigenvalue weighted by Gasteiger charge is -2.36. The summed E-state index contributed by atoms with van der Waals surface area (Å²) in [5.74, 6) is 0.0672. The van der Waals surface area contributed by atoms with Crippen molar-refractivity contribution in [2.24, 2.45) is 0 Å². The van der Waals surface area contributed by atoms with E-state index in [0.717, 1.165) is 30.0 Å². The van der Waals surface area contributed by atoms with Crippen LogP contribution < -0.4 is 10.2 Å². The molecule has 3 rings (SSSR count). The van der Waals surface area contributed by atoms with Crippen LogP contribution in [0.2, 0.25) is 0 Å². The molecule has 0 unspecified atom stereocenters. The number of urea groups is 1. The lowest BCUT2D eigenvalue weighted by atomic mass is 10.1. The smallest absolute Gasteiger partial charge is 0.321 e. The first-order chi connectivity index (χ1) is 13.1. The Hall–Kier alpha value is -2.86. The summed E-state index contributed by atoms with van der Waals surface area (Å²) in [6, 6.07) is 15.2. The molecule has 2 aromatic carbocycles. The van der Waals surface area contributed by atoms with Crippen molar-refractivity contribution in [1.82, 2.24) is 4.90 Å². The number of benzene rings is 2. The van der Waals surface area contributed by atoms with Crippen molar-refractivity contribution in [3.63, 3.8) is 0 Å². The number of rotatable bonds is 5. The fraction of sp³-hybridized carbons (Fsp3) is 0.333. The van der Waals surface area contributed by atoms with Crippen molar-refractivity contribution in [2.75, 3.05) is 43.5 Å². The maximum absolute atomic E-state index is 12.5. The number of methoxy groups -OCH3 is 1. The minimum Gasteiger partial charge on any atom is -0.380 e. The van der Waals surface area contributed by atoms with Crippen LogP contribution in [0.5, 0.6) is 0 Å². The summed E-state index contributed by atoms with van der Waals surface area (Å²) in [7, 11) is 1.65. The topological polar surface area (TPSA) is 61.9 Å². The van der Waals surface area contributed by atoms with E-state index < -0.39 is 0 Å². The van der Waals surface area contributed by atoms with Crippen LogP contribution in [0.3, 0.4) is 0 Å². The predicted octanol–water partition coefficient (Wildman–Crippen LogP) is 3.39. The first-order valence-electron chi connectivity index (χ1n) is 9.06. The number of carbonyl (C=O) groups is 2. The Morgan fingerprint density at radius 3 is 2.37 bits per heavy atom. The average Bonchev–Trinajstić information content (AvgIpc) is 2.69. The highest BCUT2D eigenvalue weighted by molar-refractivity contribution is 5.94. The van der Waals surface area contributed by atoms with Crippen molar-refractivity contribution in [3.05, 3.63) is 59.7 Å². The standard InChI is InChI=1S/C21H25N3O3/c1-16(25)18-6-8-20(9-7-18)23-10-12-24(13-11-23)21(26)22-19-5-3-4-17(14-19)15-27-2/h3-9,14H,10-13,15H2,1-2H3,(H,22,26). The Morgan fingerprint density at radius 1 is 1.04 bits per heavy atom. The SMILES string of the molecule is COCc1cccc(NC(=O)N2CCN(c3ccc(C(C)=O)cc3)CC2)c1. The van der Waals surface area contributed by atoms with Crippen LogP contribution in [-0.4, -0.2) is 50.0 Å². The van der Waals surface area contributed by atoms with Crippen molar-refractivity contribution in [3.8, 4) is 0 Å². The van der Waals surface area contributed by atoms with Gasteiger partial charge in [-0.15, -0.1) is 0 Å². The Bertz CT molecular complexity index is 797. The molecule has 2 amide bonds. The number of ketones is 1. The van der Waals surface area contributed by atoms with Gasteiger partial charge in [0.25, 0.3) is 0 Å². The van der Waals surface area contributed by atoms with Crippen LogP contribution in [0, 0.1) is 0 Å². The Labute approximate surface area is 159 Å². The molecule has 1 aliphatic rings. The van der Waals surface area contributed by atoms with Crippen LogP contribution in [0.1, 0.15) is 22.8 Å². The summed E-state index contributed by atoms with van der Waals surface area (Å²) in [6.45, 7) is 4.91. The molecule has 0 aliphatic carbocycles. The minimum atomic E-state index is -0.0869. The molecule has 27 heavy (non-hydrogen) atoms. The number of hydrogen-bond donors (Lipinski definition) is 1. The molecule has 1 N–H and O–H groups in total. The highest BCUT2D eigenvalue weighted by Crippen LogP contribution is 2.18. The molecule has 1 aliphatic heterocycles. The molecule has 142 valence electrons. The van der Waals surface area contributed by atoms with E-state index in [1.54, 1.807) is 14.0 Å². The first kappa shape index (κ1) is 18.9. The molecule has 2 aromatic rings. The van der Waals surface area contributed by atoms with Crippen LogP contribution in [0.4, 0.5) is 16.2 Å². The highest BCUT2D eigenvalue weighted by Gasteiger charge is 2.21. The monoisotopic (exact) mass is 367 g/mol. The normalized spacial score (nSPS) is 14.1. The van der Waals surface area contributed by atoms with Gasteiger partial charge in [0, 0.05) is 50.2 Å². The van der Waals surface area contributed by atoms with E-state index in [-0.39, 0.29) is 11.8 Å². The van der Waals surface area contributed by atoms with Gasteiger partial charge in [0.1, 0.15) is 0 Å². The zero-order valence-electron chi connectivity index (χ0n) is 15.8. The van der Waals surface area contributed by atoms with Gasteiger partial charge in [-0.05, 0) is 48.9 Å². The Balaban J connectivity index is 1.54. The van der Waals surface area contributed by atoms with Gasteiger partial charge in [-0.2, -0.15) is 0 Å². The highest BCUT2D eigenvalue weighted by atomic mass is 16.5. The molecule has 0 atom stereocenters. The van der Waals surface area contributed by atoms with Gasteiger partial charge < -0.3 is 19.9 Å². The number of Topliss-reactive ketones (excluding diaryl/α,β-unsaturated/α-hetero) is 1. The van der Waals surface area contributed by atoms with E-state index in [1.165, 1.54) is 0 Å². The average molecular weight is 367 g/mol. The van der Waals surface area contributed by atoms with E-state index in [0.29, 0.717) is 25.3 Å². The predicted molar refractivity (Wildman–Crippen MR) is 106 cm³/mol. The third kappa shape index (κ3) is 4.86. The van der Waals surface area contributed by atoms with Crippen molar-refractivity contribution < 1.29 is 14.3 Å². The van der Waals surface area contributed by atoms with Crippen LogP contribution in [0.25, 0.3) is 0 Å². The van der Waals surface area contributed by atoms with Crippen molar-refractivity contribution in [2.45, 2.75) is 13.5 Å². The van der Waals surface area contributed by atoms with Crippen molar-refractivity contribution >= 4 is 23.2 Å². The van der Waals surface area contributed by atoms with E-state index in [2.05, 4.69) is 10.2 Å². The number of ether oxygens (including phenoxy) is 1. The summed E-state index contributed by atoms with van der Waals surface area (Å²) >= 11 is 0. The van der Waals surface area contributed by atoms with Gasteiger partial charge in [-0.25, -0.2) is 4.79 Å². The molecule has 0 saturated carbocycles. The number of anilines is 2. The largest absolute Gasteiger partial charge is 0.380 e. The third-order valence-corrected chi connectivity index (χ3v) is 4.70. The summed E-state index contributed by atoms with van der Waals surface area (Å²) in [5, 5.41) is 2.96. The summed E-state index contributed by atoms with van der Waals surface area (Å²) in [4.78, 5) is 28.0. The van der Waals surface area contributed by atoms with Crippen LogP contribution in [0.15, 0.2) is 48.5 Å². The number of hydrogen-bond acceptors (Lipinski definition) is 4. The van der Waals surface area contributed by atoms with Gasteiger partial charge in [-0.1, -0.05) is 12.1 Å². The fourth-order valence-electron chi connectivity index (χ4n) is 3.18. The molecular weight excluding hydrogens is 342 g/mol. The van der Waals surface area contributed by atoms with Crippen LogP contribution in [-0.2, 0) is 11.3 Å². The number of amides is 2. The zero-order valence-corrected chi connectivity index (χ0v) is 15.8. The van der Waals surface area contributed by atoms with E-state index in [4.69, 9.17) is 4.74 Å². The fourth-order valence-corrected chi connectivity index (χ4v) is 3.18. The van der Waals surface area contributed by atoms with E-state index >= 15 is 0 Å². The maximum Gasteiger partial charge on any atom is 0.321 e. The van der Waals surface area contributed by atoms with Gasteiger partial charge in [0.2, 0.25) is 0 Å². The molecule has 1 saturated heterocycles. The summed E-state index contributed by atoms with van der Waals surface area (Å²) < 4.78 is 5.13. The van der Waals surface area contributed by atoms with Crippen molar-refractivity contribution in [1.29, 1.82) is 0 Å². The number of nitrogens with zero attached hydrogens (tertiary/aromatic N) is 2. The minimum absolute atomic E-state index is 0.0672.